The fourth-order valence-corrected chi connectivity index (χ4v) is 2.64. The monoisotopic (exact) mass is 254 g/mol. The zero-order valence-electron chi connectivity index (χ0n) is 10.7. The lowest BCUT2D eigenvalue weighted by molar-refractivity contribution is 0.151. The topological polar surface area (TPSA) is 29.3 Å². The van der Waals surface area contributed by atoms with Crippen molar-refractivity contribution < 1.29 is 8.78 Å². The predicted molar refractivity (Wildman–Crippen MR) is 71.1 cm³/mol. The molecule has 1 aromatic carbocycles. The molecule has 0 radical (unpaired) electrons. The SMILES string of the molecule is CC1CCCCCN1c1ccc(N)cc1C(F)F. The fraction of sp³-hybridized carbons (Fsp3) is 0.571. The van der Waals surface area contributed by atoms with Crippen molar-refractivity contribution in [2.75, 3.05) is 17.2 Å². The predicted octanol–water partition coefficient (Wildman–Crippen LogP) is 3.98. The second kappa shape index (κ2) is 5.55. The summed E-state index contributed by atoms with van der Waals surface area (Å²) in [7, 11) is 0. The third kappa shape index (κ3) is 2.74. The molecule has 0 aromatic heterocycles. The third-order valence-electron chi connectivity index (χ3n) is 3.65. The smallest absolute Gasteiger partial charge is 0.265 e. The van der Waals surface area contributed by atoms with Crippen molar-refractivity contribution in [2.45, 2.75) is 45.1 Å². The molecule has 1 aromatic rings. The molecule has 2 N–H and O–H groups in total. The van der Waals surface area contributed by atoms with Gasteiger partial charge in [-0.25, -0.2) is 8.78 Å². The van der Waals surface area contributed by atoms with Crippen molar-refractivity contribution in [1.29, 1.82) is 0 Å². The molecule has 0 aliphatic carbocycles. The number of hydrogen-bond acceptors (Lipinski definition) is 2. The van der Waals surface area contributed by atoms with E-state index in [4.69, 9.17) is 5.73 Å². The average Bonchev–Trinajstić information content (AvgIpc) is 2.54. The van der Waals surface area contributed by atoms with Gasteiger partial charge in [0.2, 0.25) is 0 Å². The molecule has 1 unspecified atom stereocenters. The molecule has 0 bridgehead atoms. The maximum atomic E-state index is 13.1. The van der Waals surface area contributed by atoms with Crippen molar-refractivity contribution in [3.05, 3.63) is 23.8 Å². The van der Waals surface area contributed by atoms with Crippen LogP contribution in [0.15, 0.2) is 18.2 Å². The van der Waals surface area contributed by atoms with Gasteiger partial charge in [-0.1, -0.05) is 12.8 Å². The highest BCUT2D eigenvalue weighted by atomic mass is 19.3. The average molecular weight is 254 g/mol. The maximum Gasteiger partial charge on any atom is 0.265 e. The summed E-state index contributed by atoms with van der Waals surface area (Å²) in [6, 6.07) is 5.16. The quantitative estimate of drug-likeness (QED) is 0.809. The van der Waals surface area contributed by atoms with E-state index in [1.165, 1.54) is 18.9 Å². The number of nitrogens with two attached hydrogens (primary N) is 1. The largest absolute Gasteiger partial charge is 0.399 e. The summed E-state index contributed by atoms with van der Waals surface area (Å²) in [5.41, 5.74) is 6.71. The van der Waals surface area contributed by atoms with E-state index in [1.54, 1.807) is 12.1 Å². The molecule has 1 atom stereocenters. The zero-order valence-corrected chi connectivity index (χ0v) is 10.7. The van der Waals surface area contributed by atoms with Gasteiger partial charge in [0.15, 0.2) is 0 Å². The molecule has 18 heavy (non-hydrogen) atoms. The third-order valence-corrected chi connectivity index (χ3v) is 3.65. The van der Waals surface area contributed by atoms with E-state index < -0.39 is 6.43 Å². The molecule has 1 fully saturated rings. The molecular formula is C14H20F2N2. The second-order valence-electron chi connectivity index (χ2n) is 5.01. The summed E-state index contributed by atoms with van der Waals surface area (Å²) in [5, 5.41) is 0. The molecule has 1 aliphatic heterocycles. The minimum atomic E-state index is -2.47. The first-order chi connectivity index (χ1) is 8.59. The van der Waals surface area contributed by atoms with Gasteiger partial charge in [0.1, 0.15) is 0 Å². The zero-order chi connectivity index (χ0) is 13.1. The lowest BCUT2D eigenvalue weighted by Gasteiger charge is -2.31. The van der Waals surface area contributed by atoms with Crippen LogP contribution in [0.5, 0.6) is 0 Å². The summed E-state index contributed by atoms with van der Waals surface area (Å²) < 4.78 is 26.2. The van der Waals surface area contributed by atoms with Crippen LogP contribution in [0.1, 0.15) is 44.6 Å². The molecule has 0 amide bonds. The molecule has 0 saturated carbocycles. The van der Waals surface area contributed by atoms with Crippen molar-refractivity contribution in [3.63, 3.8) is 0 Å². The van der Waals surface area contributed by atoms with Crippen molar-refractivity contribution in [2.24, 2.45) is 0 Å². The van der Waals surface area contributed by atoms with Gasteiger partial charge in [-0.05, 0) is 38.0 Å². The van der Waals surface area contributed by atoms with E-state index >= 15 is 0 Å². The highest BCUT2D eigenvalue weighted by Crippen LogP contribution is 2.34. The number of alkyl halides is 2. The Bertz CT molecular complexity index is 407. The number of nitrogen functional groups attached to an aromatic ring is 1. The first-order valence-corrected chi connectivity index (χ1v) is 6.54. The Kier molecular flexibility index (Phi) is 4.04. The first-order valence-electron chi connectivity index (χ1n) is 6.54. The van der Waals surface area contributed by atoms with Gasteiger partial charge < -0.3 is 10.6 Å². The Morgan fingerprint density at radius 2 is 2.06 bits per heavy atom. The van der Waals surface area contributed by atoms with Crippen LogP contribution in [0.4, 0.5) is 20.2 Å². The van der Waals surface area contributed by atoms with Crippen molar-refractivity contribution in [3.8, 4) is 0 Å². The van der Waals surface area contributed by atoms with Crippen LogP contribution < -0.4 is 10.6 Å². The molecule has 1 aliphatic rings. The van der Waals surface area contributed by atoms with E-state index in [1.807, 2.05) is 0 Å². The number of hydrogen-bond donors (Lipinski definition) is 1. The fourth-order valence-electron chi connectivity index (χ4n) is 2.64. The van der Waals surface area contributed by atoms with Crippen LogP contribution >= 0.6 is 0 Å². The molecule has 4 heteroatoms. The second-order valence-corrected chi connectivity index (χ2v) is 5.01. The van der Waals surface area contributed by atoms with Gasteiger partial charge in [0, 0.05) is 29.5 Å². The number of benzene rings is 1. The van der Waals surface area contributed by atoms with E-state index in [0.717, 1.165) is 19.4 Å². The lowest BCUT2D eigenvalue weighted by atomic mass is 10.1. The van der Waals surface area contributed by atoms with E-state index in [-0.39, 0.29) is 5.56 Å². The summed E-state index contributed by atoms with van der Waals surface area (Å²) in [5.74, 6) is 0. The Hall–Kier alpha value is -1.32. The minimum Gasteiger partial charge on any atom is -0.399 e. The highest BCUT2D eigenvalue weighted by Gasteiger charge is 2.23. The van der Waals surface area contributed by atoms with Crippen LogP contribution in [0, 0.1) is 0 Å². The molecule has 2 nitrogen and oxygen atoms in total. The number of anilines is 2. The minimum absolute atomic E-state index is 0.0590. The van der Waals surface area contributed by atoms with Crippen LogP contribution in [0.2, 0.25) is 0 Å². The molecule has 1 heterocycles. The Labute approximate surface area is 107 Å². The van der Waals surface area contributed by atoms with Crippen LogP contribution in [-0.4, -0.2) is 12.6 Å². The number of rotatable bonds is 2. The Morgan fingerprint density at radius 1 is 1.28 bits per heavy atom. The molecule has 1 saturated heterocycles. The molecule has 2 rings (SSSR count). The van der Waals surface area contributed by atoms with Gasteiger partial charge in [-0.2, -0.15) is 0 Å². The van der Waals surface area contributed by atoms with E-state index in [9.17, 15) is 8.78 Å². The van der Waals surface area contributed by atoms with Gasteiger partial charge in [0.05, 0.1) is 0 Å². The number of nitrogens with zero attached hydrogens (tertiary/aromatic N) is 1. The van der Waals surface area contributed by atoms with Crippen molar-refractivity contribution in [1.82, 2.24) is 0 Å². The maximum absolute atomic E-state index is 13.1. The molecular weight excluding hydrogens is 234 g/mol. The summed E-state index contributed by atoms with van der Waals surface area (Å²) in [6.07, 6.45) is 2.01. The molecule has 0 spiro atoms. The van der Waals surface area contributed by atoms with Crippen LogP contribution in [-0.2, 0) is 0 Å². The summed E-state index contributed by atoms with van der Waals surface area (Å²) in [6.45, 7) is 2.96. The first kappa shape index (κ1) is 13.1. The van der Waals surface area contributed by atoms with Crippen molar-refractivity contribution >= 4 is 11.4 Å². The van der Waals surface area contributed by atoms with Gasteiger partial charge in [-0.15, -0.1) is 0 Å². The molecule has 100 valence electrons. The van der Waals surface area contributed by atoms with Crippen LogP contribution in [0.25, 0.3) is 0 Å². The van der Waals surface area contributed by atoms with E-state index in [2.05, 4.69) is 11.8 Å². The summed E-state index contributed by atoms with van der Waals surface area (Å²) >= 11 is 0. The lowest BCUT2D eigenvalue weighted by Crippen LogP contribution is -2.33. The standard InChI is InChI=1S/C14H20F2N2/c1-10-5-3-2-4-8-18(10)13-7-6-11(17)9-12(13)14(15)16/h6-7,9-10,14H,2-5,8,17H2,1H3. The highest BCUT2D eigenvalue weighted by molar-refractivity contribution is 5.60. The number of halogens is 2. The summed E-state index contributed by atoms with van der Waals surface area (Å²) in [4.78, 5) is 2.11. The Balaban J connectivity index is 2.36. The van der Waals surface area contributed by atoms with Gasteiger partial charge >= 0.3 is 0 Å². The normalized spacial score (nSPS) is 21.1. The van der Waals surface area contributed by atoms with Gasteiger partial charge in [-0.3, -0.25) is 0 Å². The van der Waals surface area contributed by atoms with Crippen LogP contribution in [0.3, 0.4) is 0 Å². The Morgan fingerprint density at radius 3 is 2.78 bits per heavy atom. The van der Waals surface area contributed by atoms with E-state index in [0.29, 0.717) is 17.4 Å². The van der Waals surface area contributed by atoms with Gasteiger partial charge in [0.25, 0.3) is 6.43 Å².